The van der Waals surface area contributed by atoms with Gasteiger partial charge in [-0.15, -0.1) is 0 Å². The zero-order valence-corrected chi connectivity index (χ0v) is 14.6. The van der Waals surface area contributed by atoms with Crippen molar-refractivity contribution in [3.63, 3.8) is 0 Å². The minimum Gasteiger partial charge on any atom is -0.465 e. The lowest BCUT2D eigenvalue weighted by Crippen LogP contribution is -2.22. The van der Waals surface area contributed by atoms with E-state index in [-0.39, 0.29) is 23.0 Å². The number of ether oxygens (including phenoxy) is 1. The Labute approximate surface area is 157 Å². The van der Waals surface area contributed by atoms with E-state index in [4.69, 9.17) is 0 Å². The van der Waals surface area contributed by atoms with Crippen molar-refractivity contribution in [3.05, 3.63) is 70.9 Å². The summed E-state index contributed by atoms with van der Waals surface area (Å²) in [6.45, 7) is 0.0516. The van der Waals surface area contributed by atoms with E-state index in [0.29, 0.717) is 11.1 Å². The molecule has 0 atom stereocenters. The first-order valence-electron chi connectivity index (χ1n) is 8.07. The van der Waals surface area contributed by atoms with Gasteiger partial charge in [0.1, 0.15) is 0 Å². The molecule has 0 aliphatic carbocycles. The lowest BCUT2D eigenvalue weighted by molar-refractivity contribution is -0.0884. The number of aromatic nitrogens is 1. The van der Waals surface area contributed by atoms with E-state index >= 15 is 0 Å². The summed E-state index contributed by atoms with van der Waals surface area (Å²) in [5.41, 5.74) is 0.791. The molecule has 0 fully saturated rings. The van der Waals surface area contributed by atoms with Crippen molar-refractivity contribution in [1.82, 2.24) is 4.57 Å². The standard InChI is InChI=1S/C20H13F3N2O3/c1-28-19(27)12-6-7-15-16(18(26)20(21,22)23)11-25(17(15)8-12)10-14-5-3-2-4-13(14)9-24/h2-8,11H,10H2,1H3. The lowest BCUT2D eigenvalue weighted by atomic mass is 10.1. The highest BCUT2D eigenvalue weighted by Crippen LogP contribution is 2.30. The number of carbonyl (C=O) groups is 2. The molecule has 0 saturated carbocycles. The summed E-state index contributed by atoms with van der Waals surface area (Å²) >= 11 is 0. The van der Waals surface area contributed by atoms with Crippen molar-refractivity contribution in [1.29, 1.82) is 5.26 Å². The highest BCUT2D eigenvalue weighted by molar-refractivity contribution is 6.11. The number of fused-ring (bicyclic) bond motifs is 1. The third-order valence-electron chi connectivity index (χ3n) is 4.28. The molecule has 0 N–H and O–H groups in total. The normalized spacial score (nSPS) is 11.2. The Morgan fingerprint density at radius 3 is 2.54 bits per heavy atom. The Balaban J connectivity index is 2.21. The Bertz CT molecular complexity index is 1120. The topological polar surface area (TPSA) is 72.1 Å². The molecular weight excluding hydrogens is 373 g/mol. The summed E-state index contributed by atoms with van der Waals surface area (Å²) in [6, 6.07) is 12.6. The molecule has 3 rings (SSSR count). The fourth-order valence-electron chi connectivity index (χ4n) is 2.95. The van der Waals surface area contributed by atoms with Gasteiger partial charge < -0.3 is 9.30 Å². The molecule has 0 spiro atoms. The third kappa shape index (κ3) is 3.47. The molecule has 0 amide bonds. The first kappa shape index (κ1) is 19.2. The molecule has 0 radical (unpaired) electrons. The molecule has 0 aliphatic rings. The number of methoxy groups -OCH3 is 1. The van der Waals surface area contributed by atoms with E-state index in [1.165, 1.54) is 29.9 Å². The number of carbonyl (C=O) groups excluding carboxylic acids is 2. The monoisotopic (exact) mass is 386 g/mol. The molecule has 0 saturated heterocycles. The average Bonchev–Trinajstić information content (AvgIpc) is 3.04. The molecule has 1 aromatic heterocycles. The largest absolute Gasteiger partial charge is 0.465 e. The maximum Gasteiger partial charge on any atom is 0.454 e. The van der Waals surface area contributed by atoms with Crippen LogP contribution in [0.5, 0.6) is 0 Å². The number of hydrogen-bond acceptors (Lipinski definition) is 4. The van der Waals surface area contributed by atoms with E-state index in [0.717, 1.165) is 6.20 Å². The van der Waals surface area contributed by atoms with Crippen LogP contribution < -0.4 is 0 Å². The Morgan fingerprint density at radius 1 is 1.18 bits per heavy atom. The van der Waals surface area contributed by atoms with Crippen LogP contribution in [0.3, 0.4) is 0 Å². The van der Waals surface area contributed by atoms with Gasteiger partial charge in [-0.05, 0) is 23.8 Å². The van der Waals surface area contributed by atoms with Crippen LogP contribution in [0.25, 0.3) is 10.9 Å². The van der Waals surface area contributed by atoms with Gasteiger partial charge in [0.25, 0.3) is 5.78 Å². The number of halogens is 3. The molecule has 2 aromatic carbocycles. The van der Waals surface area contributed by atoms with Crippen LogP contribution >= 0.6 is 0 Å². The van der Waals surface area contributed by atoms with E-state index in [9.17, 15) is 28.0 Å². The molecule has 28 heavy (non-hydrogen) atoms. The molecule has 8 heteroatoms. The van der Waals surface area contributed by atoms with Crippen LogP contribution in [0.1, 0.15) is 31.8 Å². The fourth-order valence-corrected chi connectivity index (χ4v) is 2.95. The molecule has 5 nitrogen and oxygen atoms in total. The molecule has 0 bridgehead atoms. The molecule has 1 heterocycles. The highest BCUT2D eigenvalue weighted by Gasteiger charge is 2.41. The van der Waals surface area contributed by atoms with Crippen LogP contribution in [0.2, 0.25) is 0 Å². The third-order valence-corrected chi connectivity index (χ3v) is 4.28. The maximum absolute atomic E-state index is 13.0. The summed E-state index contributed by atoms with van der Waals surface area (Å²) in [5.74, 6) is -2.63. The number of Topliss-reactive ketones (excluding diaryl/α,β-unsaturated/α-hetero) is 1. The summed E-state index contributed by atoms with van der Waals surface area (Å²) in [6.07, 6.45) is -3.94. The Morgan fingerprint density at radius 2 is 1.89 bits per heavy atom. The number of ketones is 1. The molecule has 0 aliphatic heterocycles. The number of rotatable bonds is 4. The van der Waals surface area contributed by atoms with Gasteiger partial charge in [-0.3, -0.25) is 4.79 Å². The quantitative estimate of drug-likeness (QED) is 0.500. The smallest absolute Gasteiger partial charge is 0.454 e. The number of nitriles is 1. The first-order chi connectivity index (χ1) is 13.3. The van der Waals surface area contributed by atoms with Gasteiger partial charge in [0.2, 0.25) is 0 Å². The average molecular weight is 386 g/mol. The Kier molecular flexibility index (Phi) is 4.92. The van der Waals surface area contributed by atoms with Crippen molar-refractivity contribution in [2.45, 2.75) is 12.7 Å². The molecule has 0 unspecified atom stereocenters. The minimum atomic E-state index is -5.04. The summed E-state index contributed by atoms with van der Waals surface area (Å²) in [4.78, 5) is 23.7. The molecular formula is C20H13F3N2O3. The second kappa shape index (κ2) is 7.19. The van der Waals surface area contributed by atoms with Crippen LogP contribution in [0.15, 0.2) is 48.7 Å². The fraction of sp³-hybridized carbons (Fsp3) is 0.150. The first-order valence-corrected chi connectivity index (χ1v) is 8.07. The van der Waals surface area contributed by atoms with Crippen molar-refractivity contribution in [3.8, 4) is 6.07 Å². The number of esters is 1. The van der Waals surface area contributed by atoms with Crippen LogP contribution in [-0.4, -0.2) is 29.6 Å². The molecule has 3 aromatic rings. The SMILES string of the molecule is COC(=O)c1ccc2c(C(=O)C(F)(F)F)cn(Cc3ccccc3C#N)c2c1. The number of alkyl halides is 3. The van der Waals surface area contributed by atoms with Gasteiger partial charge in [0.05, 0.1) is 29.9 Å². The number of benzene rings is 2. The molecule has 142 valence electrons. The van der Waals surface area contributed by atoms with E-state index in [1.54, 1.807) is 24.3 Å². The van der Waals surface area contributed by atoms with E-state index < -0.39 is 23.5 Å². The van der Waals surface area contributed by atoms with Gasteiger partial charge in [-0.2, -0.15) is 18.4 Å². The zero-order valence-electron chi connectivity index (χ0n) is 14.6. The predicted octanol–water partition coefficient (Wildman–Crippen LogP) is 4.09. The van der Waals surface area contributed by atoms with Crippen molar-refractivity contribution >= 4 is 22.7 Å². The van der Waals surface area contributed by atoms with E-state index in [1.807, 2.05) is 6.07 Å². The summed E-state index contributed by atoms with van der Waals surface area (Å²) in [7, 11) is 1.19. The van der Waals surface area contributed by atoms with Gasteiger partial charge in [-0.25, -0.2) is 4.79 Å². The zero-order chi connectivity index (χ0) is 20.5. The van der Waals surface area contributed by atoms with E-state index in [2.05, 4.69) is 4.74 Å². The summed E-state index contributed by atoms with van der Waals surface area (Å²) in [5, 5.41) is 9.29. The lowest BCUT2D eigenvalue weighted by Gasteiger charge is -2.08. The van der Waals surface area contributed by atoms with Gasteiger partial charge in [0, 0.05) is 23.6 Å². The van der Waals surface area contributed by atoms with Crippen molar-refractivity contribution < 1.29 is 27.5 Å². The van der Waals surface area contributed by atoms with Gasteiger partial charge in [-0.1, -0.05) is 24.3 Å². The van der Waals surface area contributed by atoms with Crippen LogP contribution in [-0.2, 0) is 11.3 Å². The van der Waals surface area contributed by atoms with Crippen molar-refractivity contribution in [2.75, 3.05) is 7.11 Å². The van der Waals surface area contributed by atoms with Gasteiger partial charge >= 0.3 is 12.1 Å². The maximum atomic E-state index is 13.0. The van der Waals surface area contributed by atoms with Crippen LogP contribution in [0.4, 0.5) is 13.2 Å². The Hall–Kier alpha value is -3.60. The highest BCUT2D eigenvalue weighted by atomic mass is 19.4. The minimum absolute atomic E-state index is 0.0516. The van der Waals surface area contributed by atoms with Crippen LogP contribution in [0, 0.1) is 11.3 Å². The summed E-state index contributed by atoms with van der Waals surface area (Å²) < 4.78 is 45.1. The second-order valence-electron chi connectivity index (χ2n) is 5.99. The van der Waals surface area contributed by atoms with Gasteiger partial charge in [0.15, 0.2) is 0 Å². The number of nitrogens with zero attached hydrogens (tertiary/aromatic N) is 2. The predicted molar refractivity (Wildman–Crippen MR) is 93.9 cm³/mol. The second-order valence-corrected chi connectivity index (χ2v) is 5.99. The van der Waals surface area contributed by atoms with Crippen molar-refractivity contribution in [2.24, 2.45) is 0 Å². The number of hydrogen-bond donors (Lipinski definition) is 0.